The molecule has 0 radical (unpaired) electrons. The highest BCUT2D eigenvalue weighted by atomic mass is 32.3. The van der Waals surface area contributed by atoms with Crippen LogP contribution in [0.25, 0.3) is 4.13 Å². The van der Waals surface area contributed by atoms with Gasteiger partial charge in [0.05, 0.1) is 21.1 Å². The number of halogens is 6. The Morgan fingerprint density at radius 1 is 1.00 bits per heavy atom. The molecular formula is C9H15F6N3O5S2. The Balaban J connectivity index is 0. The SMILES string of the molecule is C=CC(=O)NC[N+](C)(C)C.O=S(=O)([N-]S(=O)(=O)C(F)(F)F)C(F)(F)F. The molecule has 16 heteroatoms. The number of sulfonamides is 2. The quantitative estimate of drug-likeness (QED) is 0.307. The molecule has 0 aliphatic carbocycles. The average molecular weight is 423 g/mol. The zero-order valence-corrected chi connectivity index (χ0v) is 14.6. The second-order valence-corrected chi connectivity index (χ2v) is 8.53. The molecule has 0 aromatic carbocycles. The van der Waals surface area contributed by atoms with E-state index in [0.29, 0.717) is 6.67 Å². The predicted molar refractivity (Wildman–Crippen MR) is 74.5 cm³/mol. The fourth-order valence-corrected chi connectivity index (χ4v) is 2.31. The fourth-order valence-electron chi connectivity index (χ4n) is 0.601. The number of hydrogen-bond acceptors (Lipinski definition) is 5. The zero-order chi connectivity index (χ0) is 20.9. The lowest BCUT2D eigenvalue weighted by atomic mass is 10.6. The van der Waals surface area contributed by atoms with E-state index >= 15 is 0 Å². The first kappa shape index (κ1) is 25.8. The standard InChI is InChI=1S/C7H14N2O.C2F6NO4S2/c1-5-7(10)8-6-9(2,3)4;3-1(4,5)14(10,11)9-15(12,13)2(6,7)8/h5H,1,6H2,2-4H3;/q;-1/p+1. The van der Waals surface area contributed by atoms with Crippen molar-refractivity contribution in [3.63, 3.8) is 0 Å². The van der Waals surface area contributed by atoms with E-state index in [1.54, 1.807) is 0 Å². The number of hydrogen-bond donors (Lipinski definition) is 1. The van der Waals surface area contributed by atoms with Gasteiger partial charge in [0.15, 0.2) is 26.7 Å². The summed E-state index contributed by atoms with van der Waals surface area (Å²) in [5.74, 6) is -0.118. The van der Waals surface area contributed by atoms with Gasteiger partial charge >= 0.3 is 11.0 Å². The predicted octanol–water partition coefficient (Wildman–Crippen LogP) is 1.01. The summed E-state index contributed by atoms with van der Waals surface area (Å²) in [6.45, 7) is 3.97. The molecule has 0 spiro atoms. The van der Waals surface area contributed by atoms with Crippen LogP contribution in [0.1, 0.15) is 0 Å². The van der Waals surface area contributed by atoms with Crippen molar-refractivity contribution in [2.45, 2.75) is 11.0 Å². The Hall–Kier alpha value is -1.39. The van der Waals surface area contributed by atoms with Crippen LogP contribution in [0, 0.1) is 0 Å². The van der Waals surface area contributed by atoms with Crippen LogP contribution in [0.5, 0.6) is 0 Å². The van der Waals surface area contributed by atoms with Crippen molar-refractivity contribution in [2.75, 3.05) is 27.8 Å². The maximum Gasteiger partial charge on any atom is 0.480 e. The number of carbonyl (C=O) groups excluding carboxylic acids is 1. The van der Waals surface area contributed by atoms with Crippen molar-refractivity contribution >= 4 is 26.0 Å². The van der Waals surface area contributed by atoms with Gasteiger partial charge in [0, 0.05) is 0 Å². The number of rotatable bonds is 5. The van der Waals surface area contributed by atoms with Crippen LogP contribution < -0.4 is 5.32 Å². The van der Waals surface area contributed by atoms with Crippen LogP contribution in [0.4, 0.5) is 26.3 Å². The van der Waals surface area contributed by atoms with Crippen molar-refractivity contribution in [3.05, 3.63) is 16.8 Å². The second kappa shape index (κ2) is 8.33. The third-order valence-corrected chi connectivity index (χ3v) is 4.43. The van der Waals surface area contributed by atoms with Gasteiger partial charge in [0.25, 0.3) is 0 Å². The van der Waals surface area contributed by atoms with Gasteiger partial charge in [0.2, 0.25) is 5.91 Å². The number of amides is 1. The molecule has 1 amide bonds. The molecule has 0 aliphatic rings. The molecule has 0 atom stereocenters. The lowest BCUT2D eigenvalue weighted by Gasteiger charge is -2.23. The zero-order valence-electron chi connectivity index (χ0n) is 13.0. The van der Waals surface area contributed by atoms with Gasteiger partial charge in [0.1, 0.15) is 0 Å². The van der Waals surface area contributed by atoms with Crippen molar-refractivity contribution in [1.29, 1.82) is 0 Å². The minimum atomic E-state index is -6.72. The summed E-state index contributed by atoms with van der Waals surface area (Å²) in [6, 6.07) is 0. The summed E-state index contributed by atoms with van der Waals surface area (Å²) in [7, 11) is -7.43. The van der Waals surface area contributed by atoms with Gasteiger partial charge in [-0.3, -0.25) is 4.79 Å². The Bertz CT molecular complexity index is 634. The molecule has 8 nitrogen and oxygen atoms in total. The Morgan fingerprint density at radius 2 is 1.32 bits per heavy atom. The average Bonchev–Trinajstić information content (AvgIpc) is 2.31. The third-order valence-electron chi connectivity index (χ3n) is 1.69. The smallest absolute Gasteiger partial charge is 0.421 e. The van der Waals surface area contributed by atoms with E-state index in [1.165, 1.54) is 6.08 Å². The molecule has 0 aromatic rings. The summed E-state index contributed by atoms with van der Waals surface area (Å²) >= 11 is 0. The maximum atomic E-state index is 11.4. The van der Waals surface area contributed by atoms with Gasteiger partial charge in [-0.25, -0.2) is 16.8 Å². The maximum absolute atomic E-state index is 11.4. The van der Waals surface area contributed by atoms with Gasteiger partial charge < -0.3 is 13.9 Å². The first-order valence-electron chi connectivity index (χ1n) is 5.74. The molecule has 0 aliphatic heterocycles. The highest BCUT2D eigenvalue weighted by Crippen LogP contribution is 2.36. The summed E-state index contributed by atoms with van der Waals surface area (Å²) in [6.07, 6.45) is 1.27. The van der Waals surface area contributed by atoms with Crippen molar-refractivity contribution in [3.8, 4) is 0 Å². The van der Waals surface area contributed by atoms with Crippen molar-refractivity contribution in [1.82, 2.24) is 5.32 Å². The topological polar surface area (TPSA) is 111 Å². The summed E-state index contributed by atoms with van der Waals surface area (Å²) in [4.78, 5) is 10.6. The van der Waals surface area contributed by atoms with Crippen LogP contribution >= 0.6 is 0 Å². The van der Waals surface area contributed by atoms with Crippen LogP contribution in [0.3, 0.4) is 0 Å². The fraction of sp³-hybridized carbons (Fsp3) is 0.667. The van der Waals surface area contributed by atoms with E-state index in [2.05, 4.69) is 11.9 Å². The molecular weight excluding hydrogens is 408 g/mol. The highest BCUT2D eigenvalue weighted by Gasteiger charge is 2.46. The molecule has 0 bridgehead atoms. The van der Waals surface area contributed by atoms with Gasteiger partial charge in [-0.15, -0.1) is 0 Å². The first-order valence-corrected chi connectivity index (χ1v) is 8.62. The molecule has 0 rings (SSSR count). The van der Waals surface area contributed by atoms with Crippen molar-refractivity contribution in [2.24, 2.45) is 0 Å². The molecule has 0 heterocycles. The molecule has 0 fully saturated rings. The van der Waals surface area contributed by atoms with Crippen LogP contribution in [0.15, 0.2) is 12.7 Å². The lowest BCUT2D eigenvalue weighted by molar-refractivity contribution is -0.872. The number of nitrogens with one attached hydrogen (secondary N) is 1. The molecule has 0 saturated heterocycles. The third kappa shape index (κ3) is 10.3. The van der Waals surface area contributed by atoms with E-state index in [4.69, 9.17) is 0 Å². The molecule has 0 unspecified atom stereocenters. The van der Waals surface area contributed by atoms with Crippen LogP contribution in [-0.2, 0) is 24.8 Å². The molecule has 0 aromatic heterocycles. The minimum Gasteiger partial charge on any atom is -0.421 e. The molecule has 150 valence electrons. The Kier molecular flexibility index (Phi) is 8.61. The molecule has 25 heavy (non-hydrogen) atoms. The van der Waals surface area contributed by atoms with E-state index < -0.39 is 31.1 Å². The van der Waals surface area contributed by atoms with E-state index in [0.717, 1.165) is 8.61 Å². The number of quaternary nitrogens is 1. The van der Waals surface area contributed by atoms with Gasteiger partial charge in [-0.2, -0.15) is 26.3 Å². The molecule has 0 saturated carbocycles. The second-order valence-electron chi connectivity index (χ2n) is 5.11. The largest absolute Gasteiger partial charge is 0.480 e. The van der Waals surface area contributed by atoms with Crippen LogP contribution in [0.2, 0.25) is 0 Å². The summed E-state index contributed by atoms with van der Waals surface area (Å²) in [5.41, 5.74) is -12.4. The van der Waals surface area contributed by atoms with Gasteiger partial charge in [-0.1, -0.05) is 6.58 Å². The summed E-state index contributed by atoms with van der Waals surface area (Å²) < 4.78 is 110. The summed E-state index contributed by atoms with van der Waals surface area (Å²) in [5, 5.41) is 2.69. The molecule has 1 N–H and O–H groups in total. The first-order chi connectivity index (χ1) is 10.7. The minimum absolute atomic E-state index is 0.118. The van der Waals surface area contributed by atoms with E-state index in [1.807, 2.05) is 21.1 Å². The lowest BCUT2D eigenvalue weighted by Crippen LogP contribution is -2.44. The normalized spacial score (nSPS) is 13.5. The number of alkyl halides is 6. The highest BCUT2D eigenvalue weighted by molar-refractivity contribution is 8.13. The number of carbonyl (C=O) groups is 1. The van der Waals surface area contributed by atoms with Gasteiger partial charge in [-0.05, 0) is 6.08 Å². The van der Waals surface area contributed by atoms with E-state index in [9.17, 15) is 48.0 Å². The van der Waals surface area contributed by atoms with Crippen LogP contribution in [-0.4, -0.2) is 66.1 Å². The van der Waals surface area contributed by atoms with E-state index in [-0.39, 0.29) is 5.91 Å². The Labute approximate surface area is 140 Å². The van der Waals surface area contributed by atoms with Crippen molar-refractivity contribution < 1.29 is 52.5 Å². The Morgan fingerprint density at radius 3 is 1.52 bits per heavy atom. The monoisotopic (exact) mass is 423 g/mol. The number of nitrogens with zero attached hydrogens (tertiary/aromatic N) is 2.